The molecule has 0 saturated carbocycles. The van der Waals surface area contributed by atoms with Gasteiger partial charge in [0.25, 0.3) is 0 Å². The lowest BCUT2D eigenvalue weighted by Gasteiger charge is -2.17. The molecule has 2 rings (SSSR count). The number of rotatable bonds is 6. The van der Waals surface area contributed by atoms with Crippen LogP contribution in [0.25, 0.3) is 0 Å². The van der Waals surface area contributed by atoms with Crippen molar-refractivity contribution in [3.05, 3.63) is 29.8 Å². The Morgan fingerprint density at radius 2 is 2.39 bits per heavy atom. The molecule has 0 bridgehead atoms. The van der Waals surface area contributed by atoms with Crippen LogP contribution in [0.4, 0.5) is 0 Å². The van der Waals surface area contributed by atoms with Crippen LogP contribution in [0.2, 0.25) is 0 Å². The van der Waals surface area contributed by atoms with Crippen molar-refractivity contribution < 1.29 is 19.3 Å². The Kier molecular flexibility index (Phi) is 4.99. The van der Waals surface area contributed by atoms with E-state index in [-0.39, 0.29) is 5.92 Å². The summed E-state index contributed by atoms with van der Waals surface area (Å²) in [7, 11) is 1.66. The van der Waals surface area contributed by atoms with E-state index in [2.05, 4.69) is 0 Å². The summed E-state index contributed by atoms with van der Waals surface area (Å²) < 4.78 is 15.9. The van der Waals surface area contributed by atoms with E-state index in [0.717, 1.165) is 24.3 Å². The number of methoxy groups -OCH3 is 1. The summed E-state index contributed by atoms with van der Waals surface area (Å²) in [6, 6.07) is 7.73. The molecule has 0 radical (unpaired) electrons. The molecule has 18 heavy (non-hydrogen) atoms. The van der Waals surface area contributed by atoms with Gasteiger partial charge in [0.1, 0.15) is 12.4 Å². The fraction of sp³-hybridized carbons (Fsp3) is 0.571. The van der Waals surface area contributed by atoms with Crippen molar-refractivity contribution in [2.45, 2.75) is 19.1 Å². The maximum atomic E-state index is 9.95. The van der Waals surface area contributed by atoms with Crippen LogP contribution >= 0.6 is 0 Å². The van der Waals surface area contributed by atoms with Crippen LogP contribution in [0.15, 0.2) is 24.3 Å². The summed E-state index contributed by atoms with van der Waals surface area (Å²) in [5, 5.41) is 9.95. The van der Waals surface area contributed by atoms with Gasteiger partial charge in [-0.2, -0.15) is 0 Å². The van der Waals surface area contributed by atoms with Crippen LogP contribution < -0.4 is 4.74 Å². The van der Waals surface area contributed by atoms with Crippen LogP contribution in [0.5, 0.6) is 5.75 Å². The highest BCUT2D eigenvalue weighted by Gasteiger charge is 2.24. The number of aliphatic hydroxyl groups is 1. The van der Waals surface area contributed by atoms with Gasteiger partial charge in [0.2, 0.25) is 0 Å². The first-order valence-corrected chi connectivity index (χ1v) is 6.26. The number of ether oxygens (including phenoxy) is 3. The molecule has 100 valence electrons. The number of hydrogen-bond donors (Lipinski definition) is 1. The molecule has 1 heterocycles. The molecule has 1 aliphatic rings. The van der Waals surface area contributed by atoms with Crippen molar-refractivity contribution in [1.29, 1.82) is 0 Å². The van der Waals surface area contributed by atoms with Crippen molar-refractivity contribution >= 4 is 0 Å². The van der Waals surface area contributed by atoms with Gasteiger partial charge in [-0.05, 0) is 24.1 Å². The summed E-state index contributed by atoms with van der Waals surface area (Å²) in [5.41, 5.74) is 1.06. The van der Waals surface area contributed by atoms with Gasteiger partial charge in [0, 0.05) is 19.6 Å². The fourth-order valence-electron chi connectivity index (χ4n) is 2.07. The van der Waals surface area contributed by atoms with E-state index >= 15 is 0 Å². The number of benzene rings is 1. The van der Waals surface area contributed by atoms with Crippen molar-refractivity contribution in [2.24, 2.45) is 5.92 Å². The maximum Gasteiger partial charge on any atom is 0.119 e. The quantitative estimate of drug-likeness (QED) is 0.835. The number of aliphatic hydroxyl groups excluding tert-OH is 1. The molecule has 2 unspecified atom stereocenters. The summed E-state index contributed by atoms with van der Waals surface area (Å²) in [6.45, 7) is 2.25. The Morgan fingerprint density at radius 3 is 3.11 bits per heavy atom. The first-order chi connectivity index (χ1) is 8.79. The molecule has 4 heteroatoms. The van der Waals surface area contributed by atoms with E-state index < -0.39 is 6.10 Å². The van der Waals surface area contributed by atoms with Crippen LogP contribution in [0.1, 0.15) is 12.0 Å². The molecule has 1 aromatic carbocycles. The summed E-state index contributed by atoms with van der Waals surface area (Å²) >= 11 is 0. The molecule has 1 saturated heterocycles. The summed E-state index contributed by atoms with van der Waals surface area (Å²) in [5.74, 6) is 0.967. The zero-order valence-corrected chi connectivity index (χ0v) is 10.7. The zero-order chi connectivity index (χ0) is 12.8. The Hall–Kier alpha value is -1.10. The van der Waals surface area contributed by atoms with E-state index in [1.54, 1.807) is 7.11 Å². The molecule has 0 spiro atoms. The minimum atomic E-state index is -0.460. The SMILES string of the molecule is COCc1cccc(OCC(O)C2CCOC2)c1. The van der Waals surface area contributed by atoms with Gasteiger partial charge in [-0.1, -0.05) is 12.1 Å². The normalized spacial score (nSPS) is 20.9. The Balaban J connectivity index is 1.83. The fourth-order valence-corrected chi connectivity index (χ4v) is 2.07. The second kappa shape index (κ2) is 6.73. The summed E-state index contributed by atoms with van der Waals surface area (Å²) in [6.07, 6.45) is 0.451. The molecule has 0 aliphatic carbocycles. The van der Waals surface area contributed by atoms with E-state index in [4.69, 9.17) is 14.2 Å². The Morgan fingerprint density at radius 1 is 1.50 bits per heavy atom. The maximum absolute atomic E-state index is 9.95. The molecule has 0 amide bonds. The largest absolute Gasteiger partial charge is 0.491 e. The second-order valence-electron chi connectivity index (χ2n) is 4.58. The smallest absolute Gasteiger partial charge is 0.119 e. The standard InChI is InChI=1S/C14H20O4/c1-16-8-11-3-2-4-13(7-11)18-10-14(15)12-5-6-17-9-12/h2-4,7,12,14-15H,5-6,8-10H2,1H3. The predicted octanol–water partition coefficient (Wildman–Crippen LogP) is 1.61. The lowest BCUT2D eigenvalue weighted by Crippen LogP contribution is -2.27. The third-order valence-electron chi connectivity index (χ3n) is 3.14. The lowest BCUT2D eigenvalue weighted by molar-refractivity contribution is 0.0498. The summed E-state index contributed by atoms with van der Waals surface area (Å²) in [4.78, 5) is 0. The van der Waals surface area contributed by atoms with Crippen LogP contribution in [-0.4, -0.2) is 38.1 Å². The predicted molar refractivity (Wildman–Crippen MR) is 67.6 cm³/mol. The highest BCUT2D eigenvalue weighted by atomic mass is 16.5. The molecule has 0 aromatic heterocycles. The van der Waals surface area contributed by atoms with Crippen molar-refractivity contribution in [3.8, 4) is 5.75 Å². The highest BCUT2D eigenvalue weighted by Crippen LogP contribution is 2.19. The van der Waals surface area contributed by atoms with Gasteiger partial charge >= 0.3 is 0 Å². The molecule has 1 fully saturated rings. The van der Waals surface area contributed by atoms with Gasteiger partial charge < -0.3 is 19.3 Å². The minimum Gasteiger partial charge on any atom is -0.491 e. The molecule has 2 atom stereocenters. The third kappa shape index (κ3) is 3.70. The Labute approximate surface area is 107 Å². The lowest BCUT2D eigenvalue weighted by atomic mass is 10.0. The topological polar surface area (TPSA) is 47.9 Å². The van der Waals surface area contributed by atoms with Gasteiger partial charge in [-0.3, -0.25) is 0 Å². The monoisotopic (exact) mass is 252 g/mol. The van der Waals surface area contributed by atoms with Crippen molar-refractivity contribution in [1.82, 2.24) is 0 Å². The molecule has 1 aliphatic heterocycles. The minimum absolute atomic E-state index is 0.201. The van der Waals surface area contributed by atoms with E-state index in [1.165, 1.54) is 0 Å². The van der Waals surface area contributed by atoms with Gasteiger partial charge in [0.15, 0.2) is 0 Å². The molecule has 4 nitrogen and oxygen atoms in total. The first kappa shape index (κ1) is 13.3. The van der Waals surface area contributed by atoms with E-state index in [1.807, 2.05) is 24.3 Å². The molecule has 1 N–H and O–H groups in total. The average Bonchev–Trinajstić information content (AvgIpc) is 2.91. The van der Waals surface area contributed by atoms with Gasteiger partial charge in [-0.15, -0.1) is 0 Å². The second-order valence-corrected chi connectivity index (χ2v) is 4.58. The first-order valence-electron chi connectivity index (χ1n) is 6.26. The van der Waals surface area contributed by atoms with Crippen LogP contribution in [0, 0.1) is 5.92 Å². The van der Waals surface area contributed by atoms with E-state index in [0.29, 0.717) is 19.8 Å². The third-order valence-corrected chi connectivity index (χ3v) is 3.14. The number of hydrogen-bond acceptors (Lipinski definition) is 4. The van der Waals surface area contributed by atoms with Crippen molar-refractivity contribution in [2.75, 3.05) is 26.9 Å². The van der Waals surface area contributed by atoms with E-state index in [9.17, 15) is 5.11 Å². The average molecular weight is 252 g/mol. The molecule has 1 aromatic rings. The zero-order valence-electron chi connectivity index (χ0n) is 10.7. The highest BCUT2D eigenvalue weighted by molar-refractivity contribution is 5.28. The van der Waals surface area contributed by atoms with Crippen LogP contribution in [-0.2, 0) is 16.1 Å². The van der Waals surface area contributed by atoms with Crippen molar-refractivity contribution in [3.63, 3.8) is 0 Å². The van der Waals surface area contributed by atoms with Gasteiger partial charge in [-0.25, -0.2) is 0 Å². The van der Waals surface area contributed by atoms with Gasteiger partial charge in [0.05, 0.1) is 19.3 Å². The Bertz CT molecular complexity index is 361. The molecular formula is C14H20O4. The molecular weight excluding hydrogens is 232 g/mol. The van der Waals surface area contributed by atoms with Crippen LogP contribution in [0.3, 0.4) is 0 Å².